The molecule has 7 heteroatoms. The lowest BCUT2D eigenvalue weighted by Gasteiger charge is -2.33. The van der Waals surface area contributed by atoms with Crippen LogP contribution in [0.15, 0.2) is 17.5 Å². The van der Waals surface area contributed by atoms with Crippen molar-refractivity contribution in [1.29, 1.82) is 0 Å². The molecule has 0 bridgehead atoms. The molecule has 2 N–H and O–H groups in total. The van der Waals surface area contributed by atoms with E-state index in [2.05, 4.69) is 10.6 Å². The molecule has 2 rings (SSSR count). The van der Waals surface area contributed by atoms with E-state index in [4.69, 9.17) is 4.74 Å². The van der Waals surface area contributed by atoms with Gasteiger partial charge in [0.15, 0.2) is 0 Å². The van der Waals surface area contributed by atoms with Crippen molar-refractivity contribution in [1.82, 2.24) is 15.5 Å². The van der Waals surface area contributed by atoms with E-state index in [1.54, 1.807) is 16.2 Å². The van der Waals surface area contributed by atoms with Crippen molar-refractivity contribution in [2.45, 2.75) is 51.8 Å². The Morgan fingerprint density at radius 2 is 2.04 bits per heavy atom. The molecule has 2 heterocycles. The molecule has 1 aliphatic rings. The first-order valence-electron chi connectivity index (χ1n) is 7.88. The van der Waals surface area contributed by atoms with Gasteiger partial charge < -0.3 is 20.3 Å². The Balaban J connectivity index is 1.68. The molecule has 0 spiro atoms. The molecule has 1 saturated heterocycles. The first kappa shape index (κ1) is 17.6. The van der Waals surface area contributed by atoms with Gasteiger partial charge in [0.2, 0.25) is 0 Å². The maximum absolute atomic E-state index is 12.0. The highest BCUT2D eigenvalue weighted by molar-refractivity contribution is 7.09. The van der Waals surface area contributed by atoms with Gasteiger partial charge in [-0.15, -0.1) is 11.3 Å². The van der Waals surface area contributed by atoms with Crippen LogP contribution in [-0.2, 0) is 11.3 Å². The van der Waals surface area contributed by atoms with Crippen LogP contribution in [0.4, 0.5) is 9.59 Å². The van der Waals surface area contributed by atoms with E-state index >= 15 is 0 Å². The maximum Gasteiger partial charge on any atom is 0.410 e. The maximum atomic E-state index is 12.0. The van der Waals surface area contributed by atoms with Crippen LogP contribution in [0.3, 0.4) is 0 Å². The summed E-state index contributed by atoms with van der Waals surface area (Å²) in [4.78, 5) is 26.7. The van der Waals surface area contributed by atoms with E-state index in [-0.39, 0.29) is 18.2 Å². The minimum Gasteiger partial charge on any atom is -0.444 e. The number of rotatable bonds is 3. The normalized spacial score (nSPS) is 16.0. The van der Waals surface area contributed by atoms with Gasteiger partial charge >= 0.3 is 12.1 Å². The molecule has 0 aromatic carbocycles. The fourth-order valence-corrected chi connectivity index (χ4v) is 2.99. The van der Waals surface area contributed by atoms with Gasteiger partial charge in [0, 0.05) is 24.0 Å². The lowest BCUT2D eigenvalue weighted by molar-refractivity contribution is 0.0201. The number of amides is 3. The number of likely N-dealkylation sites (tertiary alicyclic amines) is 1. The van der Waals surface area contributed by atoms with E-state index in [0.717, 1.165) is 17.7 Å². The zero-order valence-electron chi connectivity index (χ0n) is 13.9. The second-order valence-electron chi connectivity index (χ2n) is 6.65. The lowest BCUT2D eigenvalue weighted by atomic mass is 10.1. The molecular formula is C16H25N3O3S. The minimum atomic E-state index is -0.478. The van der Waals surface area contributed by atoms with Crippen molar-refractivity contribution in [3.05, 3.63) is 22.4 Å². The van der Waals surface area contributed by atoms with Gasteiger partial charge in [-0.3, -0.25) is 0 Å². The zero-order valence-corrected chi connectivity index (χ0v) is 14.7. The molecule has 0 atom stereocenters. The third-order valence-corrected chi connectivity index (χ3v) is 4.36. The molecule has 0 saturated carbocycles. The summed E-state index contributed by atoms with van der Waals surface area (Å²) in [7, 11) is 0. The highest BCUT2D eigenvalue weighted by Gasteiger charge is 2.27. The Morgan fingerprint density at radius 3 is 2.61 bits per heavy atom. The molecule has 0 unspecified atom stereocenters. The van der Waals surface area contributed by atoms with Crippen molar-refractivity contribution in [3.8, 4) is 0 Å². The zero-order chi connectivity index (χ0) is 16.9. The average Bonchev–Trinajstić information content (AvgIpc) is 2.97. The van der Waals surface area contributed by atoms with Crippen LogP contribution in [0.2, 0.25) is 0 Å². The summed E-state index contributed by atoms with van der Waals surface area (Å²) in [5.74, 6) is 0. The van der Waals surface area contributed by atoms with Crippen LogP contribution in [0, 0.1) is 0 Å². The van der Waals surface area contributed by atoms with Crippen molar-refractivity contribution < 1.29 is 14.3 Å². The largest absolute Gasteiger partial charge is 0.444 e. The molecule has 0 radical (unpaired) electrons. The highest BCUT2D eigenvalue weighted by Crippen LogP contribution is 2.15. The highest BCUT2D eigenvalue weighted by atomic mass is 32.1. The average molecular weight is 339 g/mol. The molecule has 128 valence electrons. The third-order valence-electron chi connectivity index (χ3n) is 3.49. The SMILES string of the molecule is CC(C)(C)OC(=O)N1CCC(NC(=O)NCc2cccs2)CC1. The van der Waals surface area contributed by atoms with Crippen molar-refractivity contribution >= 4 is 23.5 Å². The number of thiophene rings is 1. The molecule has 1 aromatic heterocycles. The number of ether oxygens (including phenoxy) is 1. The Kier molecular flexibility index (Phi) is 5.87. The predicted molar refractivity (Wildman–Crippen MR) is 90.5 cm³/mol. The predicted octanol–water partition coefficient (Wildman–Crippen LogP) is 2.95. The van der Waals surface area contributed by atoms with Crippen LogP contribution < -0.4 is 10.6 Å². The topological polar surface area (TPSA) is 70.7 Å². The molecule has 1 fully saturated rings. The van der Waals surface area contributed by atoms with E-state index in [9.17, 15) is 9.59 Å². The quantitative estimate of drug-likeness (QED) is 0.889. The van der Waals surface area contributed by atoms with Gasteiger partial charge in [-0.05, 0) is 45.1 Å². The van der Waals surface area contributed by atoms with E-state index in [1.807, 2.05) is 38.3 Å². The fourth-order valence-electron chi connectivity index (χ4n) is 2.35. The number of nitrogens with one attached hydrogen (secondary N) is 2. The minimum absolute atomic E-state index is 0.0945. The number of carbonyl (C=O) groups is 2. The number of hydrogen-bond donors (Lipinski definition) is 2. The van der Waals surface area contributed by atoms with Crippen LogP contribution in [0.5, 0.6) is 0 Å². The first-order chi connectivity index (χ1) is 10.8. The molecule has 1 aromatic rings. The van der Waals surface area contributed by atoms with E-state index in [0.29, 0.717) is 19.6 Å². The Morgan fingerprint density at radius 1 is 1.35 bits per heavy atom. The Hall–Kier alpha value is -1.76. The van der Waals surface area contributed by atoms with Gasteiger partial charge in [0.25, 0.3) is 0 Å². The lowest BCUT2D eigenvalue weighted by Crippen LogP contribution is -2.49. The second kappa shape index (κ2) is 7.68. The standard InChI is InChI=1S/C16H25N3O3S/c1-16(2,3)22-15(21)19-8-6-12(7-9-19)18-14(20)17-11-13-5-4-10-23-13/h4-5,10,12H,6-9,11H2,1-3H3,(H2,17,18,20). The molecule has 0 aliphatic carbocycles. The smallest absolute Gasteiger partial charge is 0.410 e. The number of urea groups is 1. The molecule has 1 aliphatic heterocycles. The first-order valence-corrected chi connectivity index (χ1v) is 8.76. The summed E-state index contributed by atoms with van der Waals surface area (Å²) >= 11 is 1.62. The molecule has 6 nitrogen and oxygen atoms in total. The van der Waals surface area contributed by atoms with Gasteiger partial charge in [-0.1, -0.05) is 6.07 Å². The van der Waals surface area contributed by atoms with Crippen molar-refractivity contribution in [2.75, 3.05) is 13.1 Å². The Bertz CT molecular complexity index is 517. The van der Waals surface area contributed by atoms with E-state index in [1.165, 1.54) is 0 Å². The van der Waals surface area contributed by atoms with E-state index < -0.39 is 5.60 Å². The summed E-state index contributed by atoms with van der Waals surface area (Å²) in [5, 5.41) is 7.80. The number of nitrogens with zero attached hydrogens (tertiary/aromatic N) is 1. The summed E-state index contributed by atoms with van der Waals surface area (Å²) in [6.45, 7) is 7.32. The van der Waals surface area contributed by atoms with Gasteiger partial charge in [0.1, 0.15) is 5.60 Å². The van der Waals surface area contributed by atoms with Crippen molar-refractivity contribution in [3.63, 3.8) is 0 Å². The summed E-state index contributed by atoms with van der Waals surface area (Å²) in [5.41, 5.74) is -0.478. The number of carbonyl (C=O) groups excluding carboxylic acids is 2. The van der Waals surface area contributed by atoms with Crippen LogP contribution >= 0.6 is 11.3 Å². The summed E-state index contributed by atoms with van der Waals surface area (Å²) in [6, 6.07) is 3.89. The fraction of sp³-hybridized carbons (Fsp3) is 0.625. The molecular weight excluding hydrogens is 314 g/mol. The Labute approximate surface area is 141 Å². The van der Waals surface area contributed by atoms with Gasteiger partial charge in [0.05, 0.1) is 6.54 Å². The number of hydrogen-bond acceptors (Lipinski definition) is 4. The number of piperidine rings is 1. The summed E-state index contributed by atoms with van der Waals surface area (Å²) in [6.07, 6.45) is 1.20. The molecule has 23 heavy (non-hydrogen) atoms. The monoisotopic (exact) mass is 339 g/mol. The van der Waals surface area contributed by atoms with Gasteiger partial charge in [-0.25, -0.2) is 9.59 Å². The molecule has 3 amide bonds. The van der Waals surface area contributed by atoms with Crippen LogP contribution in [0.25, 0.3) is 0 Å². The summed E-state index contributed by atoms with van der Waals surface area (Å²) < 4.78 is 5.36. The van der Waals surface area contributed by atoms with Crippen LogP contribution in [-0.4, -0.2) is 41.8 Å². The third kappa shape index (κ3) is 6.09. The van der Waals surface area contributed by atoms with Crippen molar-refractivity contribution in [2.24, 2.45) is 0 Å². The van der Waals surface area contributed by atoms with Crippen LogP contribution in [0.1, 0.15) is 38.5 Å². The second-order valence-corrected chi connectivity index (χ2v) is 7.68. The van der Waals surface area contributed by atoms with Gasteiger partial charge in [-0.2, -0.15) is 0 Å².